The molecule has 0 aliphatic rings. The lowest BCUT2D eigenvalue weighted by Crippen LogP contribution is -1.96. The fourth-order valence-electron chi connectivity index (χ4n) is 1.68. The molecule has 0 bridgehead atoms. The zero-order valence-electron chi connectivity index (χ0n) is 10.9. The molecule has 0 spiro atoms. The van der Waals surface area contributed by atoms with Gasteiger partial charge in [-0.1, -0.05) is 41.4 Å². The first-order valence-corrected chi connectivity index (χ1v) is 6.88. The predicted octanol–water partition coefficient (Wildman–Crippen LogP) is 4.67. The van der Waals surface area contributed by atoms with E-state index in [9.17, 15) is 4.79 Å². The second-order valence-corrected chi connectivity index (χ2v) is 5.11. The molecule has 0 atom stereocenters. The summed E-state index contributed by atoms with van der Waals surface area (Å²) in [6, 6.07) is 12.3. The minimum absolute atomic E-state index is 0.308. The Hall–Kier alpha value is -1.97. The zero-order valence-corrected chi connectivity index (χ0v) is 12.4. The number of carboxylic acids is 1. The zero-order chi connectivity index (χ0) is 15.2. The monoisotopic (exact) mass is 322 g/mol. The molecule has 0 saturated heterocycles. The van der Waals surface area contributed by atoms with Crippen LogP contribution in [0.2, 0.25) is 10.0 Å². The fraction of sp³-hybridized carbons (Fsp3) is 0.0625. The highest BCUT2D eigenvalue weighted by Crippen LogP contribution is 2.23. The molecule has 2 aromatic rings. The van der Waals surface area contributed by atoms with Crippen molar-refractivity contribution in [2.45, 2.75) is 6.61 Å². The molecule has 0 aliphatic carbocycles. The van der Waals surface area contributed by atoms with E-state index >= 15 is 0 Å². The predicted molar refractivity (Wildman–Crippen MR) is 83.9 cm³/mol. The van der Waals surface area contributed by atoms with Crippen molar-refractivity contribution >= 4 is 35.2 Å². The third-order valence-electron chi connectivity index (χ3n) is 2.69. The van der Waals surface area contributed by atoms with Gasteiger partial charge in [0.25, 0.3) is 0 Å². The fourth-order valence-corrected chi connectivity index (χ4v) is 2.14. The molecule has 2 rings (SSSR count). The van der Waals surface area contributed by atoms with Gasteiger partial charge in [0.1, 0.15) is 12.4 Å². The number of aliphatic carboxylic acids is 1. The molecular weight excluding hydrogens is 311 g/mol. The average molecular weight is 323 g/mol. The van der Waals surface area contributed by atoms with Gasteiger partial charge in [0, 0.05) is 21.7 Å². The number of hydrogen-bond acceptors (Lipinski definition) is 2. The molecule has 1 N–H and O–H groups in total. The Kier molecular flexibility index (Phi) is 5.26. The number of halogens is 2. The summed E-state index contributed by atoms with van der Waals surface area (Å²) in [7, 11) is 0. The SMILES string of the molecule is O=C(O)C=Cc1cccc(OCc2ccc(Cl)cc2Cl)c1. The summed E-state index contributed by atoms with van der Waals surface area (Å²) in [5.74, 6) is -0.358. The van der Waals surface area contributed by atoms with E-state index in [2.05, 4.69) is 0 Å². The van der Waals surface area contributed by atoms with E-state index in [1.807, 2.05) is 0 Å². The van der Waals surface area contributed by atoms with Crippen molar-refractivity contribution in [3.8, 4) is 5.75 Å². The third kappa shape index (κ3) is 4.81. The van der Waals surface area contributed by atoms with Gasteiger partial charge in [-0.05, 0) is 35.9 Å². The highest BCUT2D eigenvalue weighted by atomic mass is 35.5. The number of hydrogen-bond donors (Lipinski definition) is 1. The van der Waals surface area contributed by atoms with Crippen LogP contribution in [0.25, 0.3) is 6.08 Å². The van der Waals surface area contributed by atoms with E-state index in [0.717, 1.165) is 17.2 Å². The smallest absolute Gasteiger partial charge is 0.328 e. The molecule has 0 radical (unpaired) electrons. The molecule has 0 heterocycles. The van der Waals surface area contributed by atoms with Crippen LogP contribution >= 0.6 is 23.2 Å². The van der Waals surface area contributed by atoms with Gasteiger partial charge < -0.3 is 9.84 Å². The number of carboxylic acid groups (broad SMARTS) is 1. The van der Waals surface area contributed by atoms with E-state index in [1.165, 1.54) is 6.08 Å². The molecule has 2 aromatic carbocycles. The Bertz CT molecular complexity index is 681. The number of carbonyl (C=O) groups is 1. The highest BCUT2D eigenvalue weighted by molar-refractivity contribution is 6.35. The van der Waals surface area contributed by atoms with E-state index in [0.29, 0.717) is 22.4 Å². The van der Waals surface area contributed by atoms with Crippen LogP contribution in [0, 0.1) is 0 Å². The Morgan fingerprint density at radius 3 is 2.71 bits per heavy atom. The standard InChI is InChI=1S/C16H12Cl2O3/c17-13-6-5-12(15(18)9-13)10-21-14-3-1-2-11(8-14)4-7-16(19)20/h1-9H,10H2,(H,19,20). The molecule has 0 amide bonds. The van der Waals surface area contributed by atoms with Crippen LogP contribution in [0.5, 0.6) is 5.75 Å². The number of ether oxygens (including phenoxy) is 1. The van der Waals surface area contributed by atoms with Crippen molar-refractivity contribution < 1.29 is 14.6 Å². The largest absolute Gasteiger partial charge is 0.489 e. The maximum atomic E-state index is 10.5. The molecule has 0 aromatic heterocycles. The van der Waals surface area contributed by atoms with Crippen LogP contribution in [-0.4, -0.2) is 11.1 Å². The second kappa shape index (κ2) is 7.16. The van der Waals surface area contributed by atoms with Crippen LogP contribution in [0.1, 0.15) is 11.1 Å². The Morgan fingerprint density at radius 2 is 2.00 bits per heavy atom. The van der Waals surface area contributed by atoms with Gasteiger partial charge in [0.15, 0.2) is 0 Å². The van der Waals surface area contributed by atoms with Crippen molar-refractivity contribution in [2.24, 2.45) is 0 Å². The van der Waals surface area contributed by atoms with E-state index in [-0.39, 0.29) is 0 Å². The molecule has 5 heteroatoms. The first kappa shape index (κ1) is 15.4. The van der Waals surface area contributed by atoms with Crippen LogP contribution in [0.15, 0.2) is 48.5 Å². The third-order valence-corrected chi connectivity index (χ3v) is 3.27. The summed E-state index contributed by atoms with van der Waals surface area (Å²) >= 11 is 11.9. The lowest BCUT2D eigenvalue weighted by atomic mass is 10.2. The van der Waals surface area contributed by atoms with Crippen molar-refractivity contribution in [2.75, 3.05) is 0 Å². The lowest BCUT2D eigenvalue weighted by molar-refractivity contribution is -0.131. The van der Waals surface area contributed by atoms with Gasteiger partial charge in [-0.2, -0.15) is 0 Å². The van der Waals surface area contributed by atoms with Crippen molar-refractivity contribution in [3.05, 3.63) is 69.7 Å². The van der Waals surface area contributed by atoms with Crippen molar-refractivity contribution in [3.63, 3.8) is 0 Å². The normalized spacial score (nSPS) is 10.8. The summed E-state index contributed by atoms with van der Waals surface area (Å²) in [5.41, 5.74) is 1.57. The van der Waals surface area contributed by atoms with Gasteiger partial charge in [-0.15, -0.1) is 0 Å². The van der Waals surface area contributed by atoms with Crippen molar-refractivity contribution in [1.29, 1.82) is 0 Å². The highest BCUT2D eigenvalue weighted by Gasteiger charge is 2.03. The molecule has 21 heavy (non-hydrogen) atoms. The first-order chi connectivity index (χ1) is 10.0. The number of benzene rings is 2. The molecular formula is C16H12Cl2O3. The molecule has 0 fully saturated rings. The second-order valence-electron chi connectivity index (χ2n) is 4.27. The topological polar surface area (TPSA) is 46.5 Å². The summed E-state index contributed by atoms with van der Waals surface area (Å²) in [5, 5.41) is 9.72. The minimum Gasteiger partial charge on any atom is -0.489 e. The van der Waals surface area contributed by atoms with E-state index in [4.69, 9.17) is 33.0 Å². The van der Waals surface area contributed by atoms with Crippen LogP contribution in [0.3, 0.4) is 0 Å². The summed E-state index contributed by atoms with van der Waals surface area (Å²) in [6.07, 6.45) is 2.58. The number of rotatable bonds is 5. The van der Waals surface area contributed by atoms with Gasteiger partial charge >= 0.3 is 5.97 Å². The minimum atomic E-state index is -0.991. The Morgan fingerprint density at radius 1 is 1.19 bits per heavy atom. The maximum absolute atomic E-state index is 10.5. The molecule has 3 nitrogen and oxygen atoms in total. The van der Waals surface area contributed by atoms with Crippen LogP contribution in [-0.2, 0) is 11.4 Å². The van der Waals surface area contributed by atoms with Crippen LogP contribution in [0.4, 0.5) is 0 Å². The Labute approximate surface area is 132 Å². The molecule has 0 saturated carbocycles. The summed E-state index contributed by atoms with van der Waals surface area (Å²) in [6.45, 7) is 0.308. The van der Waals surface area contributed by atoms with Gasteiger partial charge in [0.2, 0.25) is 0 Å². The van der Waals surface area contributed by atoms with E-state index in [1.54, 1.807) is 42.5 Å². The Balaban J connectivity index is 2.06. The van der Waals surface area contributed by atoms with Gasteiger partial charge in [-0.3, -0.25) is 0 Å². The van der Waals surface area contributed by atoms with Gasteiger partial charge in [0.05, 0.1) is 0 Å². The molecule has 0 aliphatic heterocycles. The first-order valence-electron chi connectivity index (χ1n) is 6.12. The van der Waals surface area contributed by atoms with E-state index < -0.39 is 5.97 Å². The maximum Gasteiger partial charge on any atom is 0.328 e. The average Bonchev–Trinajstić information content (AvgIpc) is 2.45. The van der Waals surface area contributed by atoms with Crippen molar-refractivity contribution in [1.82, 2.24) is 0 Å². The summed E-state index contributed by atoms with van der Waals surface area (Å²) in [4.78, 5) is 10.5. The van der Waals surface area contributed by atoms with Crippen LogP contribution < -0.4 is 4.74 Å². The quantitative estimate of drug-likeness (QED) is 0.813. The molecule has 108 valence electrons. The van der Waals surface area contributed by atoms with Gasteiger partial charge in [-0.25, -0.2) is 4.79 Å². The summed E-state index contributed by atoms with van der Waals surface area (Å²) < 4.78 is 5.65. The lowest BCUT2D eigenvalue weighted by Gasteiger charge is -2.08. The molecule has 0 unspecified atom stereocenters.